The van der Waals surface area contributed by atoms with Gasteiger partial charge in [-0.25, -0.2) is 14.4 Å². The van der Waals surface area contributed by atoms with E-state index >= 15 is 0 Å². The molecule has 2 amide bonds. The van der Waals surface area contributed by atoms with Gasteiger partial charge in [-0.3, -0.25) is 4.79 Å². The summed E-state index contributed by atoms with van der Waals surface area (Å²) in [5, 5.41) is 5.47. The van der Waals surface area contributed by atoms with E-state index in [4.69, 9.17) is 19.9 Å². The number of ether oxygens (including phenoxy) is 3. The molecule has 0 heterocycles. The van der Waals surface area contributed by atoms with Gasteiger partial charge < -0.3 is 30.6 Å². The van der Waals surface area contributed by atoms with Gasteiger partial charge in [0.2, 0.25) is 0 Å². The number of allylic oxidation sites excluding steroid dienone is 4. The number of rotatable bonds is 18. The second-order valence-corrected chi connectivity index (χ2v) is 14.3. The predicted octanol–water partition coefficient (Wildman–Crippen LogP) is 7.29. The lowest BCUT2D eigenvalue weighted by Gasteiger charge is -2.31. The SMILES string of the molecule is C=CC=CC(=C)C(CCC(N)C(CC(NC(=O)OC(C)(C)C)C(=O)OC(C)C)c1ccccc1)CC(NC(=O)OC(C)(C)C)C(=O)CC. The molecule has 0 aromatic heterocycles. The number of benzene rings is 1. The summed E-state index contributed by atoms with van der Waals surface area (Å²) in [6, 6.07) is 7.27. The Bertz CT molecular complexity index is 1240. The molecule has 10 nitrogen and oxygen atoms in total. The van der Waals surface area contributed by atoms with Gasteiger partial charge in [-0.1, -0.05) is 74.2 Å². The van der Waals surface area contributed by atoms with Crippen molar-refractivity contribution in [3.05, 3.63) is 72.9 Å². The molecule has 1 aromatic carbocycles. The van der Waals surface area contributed by atoms with Gasteiger partial charge >= 0.3 is 18.2 Å². The van der Waals surface area contributed by atoms with Gasteiger partial charge in [-0.2, -0.15) is 0 Å². The van der Waals surface area contributed by atoms with Gasteiger partial charge in [0.05, 0.1) is 12.1 Å². The lowest BCUT2D eigenvalue weighted by molar-refractivity contribution is -0.150. The normalized spacial score (nSPS) is 15.1. The molecule has 0 radical (unpaired) electrons. The third kappa shape index (κ3) is 16.8. The van der Waals surface area contributed by atoms with Gasteiger partial charge in [0, 0.05) is 18.4 Å². The van der Waals surface area contributed by atoms with Crippen molar-refractivity contribution in [3.8, 4) is 0 Å². The van der Waals surface area contributed by atoms with E-state index in [9.17, 15) is 19.2 Å². The summed E-state index contributed by atoms with van der Waals surface area (Å²) in [6.07, 6.45) is 5.13. The minimum Gasteiger partial charge on any atom is -0.461 e. The first kappa shape index (κ1) is 42.1. The van der Waals surface area contributed by atoms with E-state index in [1.54, 1.807) is 74.5 Å². The number of hydrogen-bond donors (Lipinski definition) is 3. The van der Waals surface area contributed by atoms with Crippen molar-refractivity contribution in [2.75, 3.05) is 0 Å². The van der Waals surface area contributed by atoms with Crippen molar-refractivity contribution in [2.24, 2.45) is 11.7 Å². The summed E-state index contributed by atoms with van der Waals surface area (Å²) in [6.45, 7) is 23.7. The molecular formula is C38H59N3O7. The van der Waals surface area contributed by atoms with Crippen LogP contribution in [0.5, 0.6) is 0 Å². The van der Waals surface area contributed by atoms with Crippen LogP contribution >= 0.6 is 0 Å². The highest BCUT2D eigenvalue weighted by Crippen LogP contribution is 2.31. The second-order valence-electron chi connectivity index (χ2n) is 14.3. The van der Waals surface area contributed by atoms with Crippen LogP contribution in [-0.4, -0.2) is 59.4 Å². The molecule has 0 saturated carbocycles. The summed E-state index contributed by atoms with van der Waals surface area (Å²) in [7, 11) is 0. The molecule has 1 aromatic rings. The second kappa shape index (κ2) is 19.8. The number of esters is 1. The molecule has 0 aliphatic carbocycles. The third-order valence-electron chi connectivity index (χ3n) is 7.33. The van der Waals surface area contributed by atoms with Crippen LogP contribution < -0.4 is 16.4 Å². The number of hydrogen-bond acceptors (Lipinski definition) is 8. The average Bonchev–Trinajstić information content (AvgIpc) is 2.96. The maximum Gasteiger partial charge on any atom is 0.408 e. The highest BCUT2D eigenvalue weighted by Gasteiger charge is 2.33. The standard InChI is InChI=1S/C38H59N3O7/c1-12-14-18-26(5)28(23-31(33(42)13-2)40-35(44)47-37(6,7)8)21-22-30(39)29(27-19-16-15-17-20-27)24-32(34(43)46-25(3)4)41-36(45)48-38(9,10)11/h12,14-20,25,28-32H,1,5,13,21-24,39H2,2-4,6-11H3,(H,40,44)(H,41,45). The Morgan fingerprint density at radius 1 is 0.875 bits per heavy atom. The molecule has 1 rings (SSSR count). The fourth-order valence-corrected chi connectivity index (χ4v) is 5.12. The molecule has 268 valence electrons. The van der Waals surface area contributed by atoms with Crippen LogP contribution in [0.3, 0.4) is 0 Å². The van der Waals surface area contributed by atoms with Crippen LogP contribution in [0.4, 0.5) is 9.59 Å². The van der Waals surface area contributed by atoms with E-state index in [0.717, 1.165) is 11.1 Å². The molecule has 5 unspecified atom stereocenters. The van der Waals surface area contributed by atoms with Crippen LogP contribution in [0.25, 0.3) is 0 Å². The van der Waals surface area contributed by atoms with Crippen molar-refractivity contribution in [3.63, 3.8) is 0 Å². The van der Waals surface area contributed by atoms with Crippen molar-refractivity contribution in [1.29, 1.82) is 0 Å². The summed E-state index contributed by atoms with van der Waals surface area (Å²) in [5.41, 5.74) is 7.09. The number of ketones is 1. The number of amides is 2. The van der Waals surface area contributed by atoms with E-state index < -0.39 is 53.6 Å². The molecule has 0 saturated heterocycles. The van der Waals surface area contributed by atoms with Crippen LogP contribution in [0.2, 0.25) is 0 Å². The molecule has 0 spiro atoms. The van der Waals surface area contributed by atoms with Crippen molar-refractivity contribution in [2.45, 2.75) is 136 Å². The smallest absolute Gasteiger partial charge is 0.408 e. The molecule has 0 aliphatic rings. The molecule has 5 atom stereocenters. The molecule has 0 bridgehead atoms. The van der Waals surface area contributed by atoms with Gasteiger partial charge in [0.15, 0.2) is 5.78 Å². The third-order valence-corrected chi connectivity index (χ3v) is 7.33. The van der Waals surface area contributed by atoms with Gasteiger partial charge in [-0.05, 0) is 92.6 Å². The number of nitrogens with one attached hydrogen (secondary N) is 2. The topological polar surface area (TPSA) is 146 Å². The number of alkyl carbamates (subject to hydrolysis) is 2. The van der Waals surface area contributed by atoms with Crippen LogP contribution in [0.1, 0.15) is 106 Å². The number of nitrogens with two attached hydrogens (primary N) is 1. The Morgan fingerprint density at radius 2 is 1.42 bits per heavy atom. The Balaban J connectivity index is 3.39. The van der Waals surface area contributed by atoms with E-state index in [2.05, 4.69) is 23.8 Å². The number of carbonyl (C=O) groups is 4. The molecular weight excluding hydrogens is 610 g/mol. The zero-order valence-corrected chi connectivity index (χ0v) is 30.5. The zero-order valence-electron chi connectivity index (χ0n) is 30.5. The summed E-state index contributed by atoms with van der Waals surface area (Å²) >= 11 is 0. The van der Waals surface area contributed by atoms with E-state index in [1.165, 1.54) is 0 Å². The van der Waals surface area contributed by atoms with Gasteiger partial charge in [0.25, 0.3) is 0 Å². The first-order chi connectivity index (χ1) is 22.3. The predicted molar refractivity (Wildman–Crippen MR) is 190 cm³/mol. The molecule has 0 fully saturated rings. The fourth-order valence-electron chi connectivity index (χ4n) is 5.12. The Morgan fingerprint density at radius 3 is 1.90 bits per heavy atom. The maximum atomic E-state index is 13.3. The fraction of sp³-hybridized carbons (Fsp3) is 0.579. The summed E-state index contributed by atoms with van der Waals surface area (Å²) < 4.78 is 16.4. The van der Waals surface area contributed by atoms with Gasteiger partial charge in [0.1, 0.15) is 17.2 Å². The van der Waals surface area contributed by atoms with Gasteiger partial charge in [-0.15, -0.1) is 0 Å². The van der Waals surface area contributed by atoms with Crippen molar-refractivity contribution in [1.82, 2.24) is 10.6 Å². The van der Waals surface area contributed by atoms with Crippen LogP contribution in [-0.2, 0) is 23.8 Å². The number of carbonyl (C=O) groups excluding carboxylic acids is 4. The van der Waals surface area contributed by atoms with E-state index in [1.807, 2.05) is 36.4 Å². The zero-order chi connectivity index (χ0) is 36.7. The molecule has 4 N–H and O–H groups in total. The first-order valence-corrected chi connectivity index (χ1v) is 16.8. The van der Waals surface area contributed by atoms with E-state index in [0.29, 0.717) is 19.3 Å². The quantitative estimate of drug-likeness (QED) is 0.0839. The largest absolute Gasteiger partial charge is 0.461 e. The van der Waals surface area contributed by atoms with Crippen LogP contribution in [0, 0.1) is 5.92 Å². The highest BCUT2D eigenvalue weighted by atomic mass is 16.6. The van der Waals surface area contributed by atoms with Crippen molar-refractivity contribution < 1.29 is 33.4 Å². The Kier molecular flexibility index (Phi) is 17.4. The van der Waals surface area contributed by atoms with Crippen LogP contribution in [0.15, 0.2) is 67.3 Å². The average molecular weight is 670 g/mol. The summed E-state index contributed by atoms with van der Waals surface area (Å²) in [5.74, 6) is -1.31. The first-order valence-electron chi connectivity index (χ1n) is 16.8. The lowest BCUT2D eigenvalue weighted by Crippen LogP contribution is -2.47. The van der Waals surface area contributed by atoms with E-state index in [-0.39, 0.29) is 30.5 Å². The molecule has 0 aliphatic heterocycles. The number of Topliss-reactive ketones (excluding diaryl/α,β-unsaturated/α-hetero) is 1. The maximum absolute atomic E-state index is 13.3. The highest BCUT2D eigenvalue weighted by molar-refractivity contribution is 5.87. The Hall–Kier alpha value is -3.92. The minimum atomic E-state index is -1.02. The summed E-state index contributed by atoms with van der Waals surface area (Å²) in [4.78, 5) is 51.7. The van der Waals surface area contributed by atoms with Crippen molar-refractivity contribution >= 4 is 23.9 Å². The molecule has 10 heteroatoms. The lowest BCUT2D eigenvalue weighted by atomic mass is 9.80. The minimum absolute atomic E-state index is 0.127. The molecule has 48 heavy (non-hydrogen) atoms. The Labute approximate surface area is 287 Å². The monoisotopic (exact) mass is 669 g/mol.